The molecule has 1 heterocycles. The minimum absolute atomic E-state index is 0.0294. The van der Waals surface area contributed by atoms with E-state index in [0.717, 1.165) is 27.4 Å². The van der Waals surface area contributed by atoms with Gasteiger partial charge < -0.3 is 9.84 Å². The molecule has 0 radical (unpaired) electrons. The van der Waals surface area contributed by atoms with Gasteiger partial charge in [-0.15, -0.1) is 0 Å². The number of aryl methyl sites for hydroxylation is 3. The maximum Gasteiger partial charge on any atom is 0.219 e. The third kappa shape index (κ3) is 3.25. The molecule has 0 amide bonds. The maximum atomic E-state index is 9.18. The molecule has 19 heavy (non-hydrogen) atoms. The van der Waals surface area contributed by atoms with Crippen molar-refractivity contribution in [1.29, 1.82) is 0 Å². The molecule has 1 N–H and O–H groups in total. The van der Waals surface area contributed by atoms with Crippen LogP contribution in [0.25, 0.3) is 0 Å². The fraction of sp³-hybridized carbons (Fsp3) is 0.267. The lowest BCUT2D eigenvalue weighted by Gasteiger charge is -2.10. The summed E-state index contributed by atoms with van der Waals surface area (Å²) < 4.78 is 5.74. The van der Waals surface area contributed by atoms with Crippen molar-refractivity contribution in [1.82, 2.24) is 4.98 Å². The van der Waals surface area contributed by atoms with Gasteiger partial charge in [0.15, 0.2) is 0 Å². The average molecular weight is 278 g/mol. The molecule has 100 valence electrons. The second kappa shape index (κ2) is 5.59. The van der Waals surface area contributed by atoms with Crippen molar-refractivity contribution in [3.05, 3.63) is 51.7 Å². The number of aromatic nitrogens is 1. The Morgan fingerprint density at radius 3 is 2.32 bits per heavy atom. The highest BCUT2D eigenvalue weighted by Gasteiger charge is 2.06. The molecule has 0 bridgehead atoms. The summed E-state index contributed by atoms with van der Waals surface area (Å²) in [6, 6.07) is 7.30. The van der Waals surface area contributed by atoms with Crippen LogP contribution in [0.4, 0.5) is 0 Å². The smallest absolute Gasteiger partial charge is 0.219 e. The number of ether oxygens (including phenoxy) is 1. The number of pyridine rings is 1. The topological polar surface area (TPSA) is 42.4 Å². The highest BCUT2D eigenvalue weighted by atomic mass is 35.5. The number of hydrogen-bond acceptors (Lipinski definition) is 3. The number of benzene rings is 1. The molecule has 0 saturated carbocycles. The Labute approximate surface area is 117 Å². The van der Waals surface area contributed by atoms with Crippen molar-refractivity contribution in [2.24, 2.45) is 0 Å². The maximum absolute atomic E-state index is 9.18. The van der Waals surface area contributed by atoms with E-state index in [9.17, 15) is 5.11 Å². The predicted octanol–water partition coefficient (Wildman–Crippen LogP) is 3.94. The highest BCUT2D eigenvalue weighted by molar-refractivity contribution is 6.32. The Hall–Kier alpha value is -1.58. The van der Waals surface area contributed by atoms with Gasteiger partial charge in [0.05, 0.1) is 6.61 Å². The van der Waals surface area contributed by atoms with E-state index in [0.29, 0.717) is 11.6 Å². The molecule has 0 saturated heterocycles. The van der Waals surface area contributed by atoms with Gasteiger partial charge in [-0.2, -0.15) is 0 Å². The van der Waals surface area contributed by atoms with Gasteiger partial charge in [-0.25, -0.2) is 4.98 Å². The number of halogens is 1. The van der Waals surface area contributed by atoms with E-state index in [2.05, 4.69) is 4.98 Å². The summed E-state index contributed by atoms with van der Waals surface area (Å²) in [5, 5.41) is 9.93. The Morgan fingerprint density at radius 2 is 1.74 bits per heavy atom. The molecule has 0 aliphatic carbocycles. The van der Waals surface area contributed by atoms with E-state index in [1.807, 2.05) is 39.0 Å². The van der Waals surface area contributed by atoms with E-state index >= 15 is 0 Å². The predicted molar refractivity (Wildman–Crippen MR) is 75.9 cm³/mol. The lowest BCUT2D eigenvalue weighted by Crippen LogP contribution is -1.94. The van der Waals surface area contributed by atoms with Crippen LogP contribution >= 0.6 is 11.6 Å². The summed E-state index contributed by atoms with van der Waals surface area (Å²) in [6.07, 6.45) is 0. The summed E-state index contributed by atoms with van der Waals surface area (Å²) in [4.78, 5) is 4.29. The van der Waals surface area contributed by atoms with Crippen LogP contribution in [0.15, 0.2) is 24.3 Å². The zero-order chi connectivity index (χ0) is 14.0. The SMILES string of the molecule is Cc1cc(CO)cc(Oc2cc(C)c(Cl)c(C)c2)n1. The van der Waals surface area contributed by atoms with E-state index in [1.54, 1.807) is 6.07 Å². The van der Waals surface area contributed by atoms with Crippen LogP contribution in [-0.4, -0.2) is 10.1 Å². The summed E-state index contributed by atoms with van der Waals surface area (Å²) >= 11 is 6.12. The van der Waals surface area contributed by atoms with Crippen molar-refractivity contribution >= 4 is 11.6 Å². The van der Waals surface area contributed by atoms with Crippen LogP contribution in [0.2, 0.25) is 5.02 Å². The van der Waals surface area contributed by atoms with Gasteiger partial charge in [0.1, 0.15) is 5.75 Å². The first-order valence-corrected chi connectivity index (χ1v) is 6.40. The standard InChI is InChI=1S/C15H16ClNO2/c1-9-4-13(5-10(2)15(9)16)19-14-7-12(8-18)6-11(3)17-14/h4-7,18H,8H2,1-3H3. The van der Waals surface area contributed by atoms with Gasteiger partial charge in [-0.3, -0.25) is 0 Å². The largest absolute Gasteiger partial charge is 0.439 e. The van der Waals surface area contributed by atoms with Crippen LogP contribution in [0.1, 0.15) is 22.4 Å². The molecular weight excluding hydrogens is 262 g/mol. The van der Waals surface area contributed by atoms with Gasteiger partial charge in [0.25, 0.3) is 0 Å². The third-order valence-electron chi connectivity index (χ3n) is 2.80. The molecule has 0 unspecified atom stereocenters. The molecule has 3 nitrogen and oxygen atoms in total. The number of hydrogen-bond donors (Lipinski definition) is 1. The minimum atomic E-state index is -0.0294. The summed E-state index contributed by atoms with van der Waals surface area (Å²) in [5.74, 6) is 1.17. The summed E-state index contributed by atoms with van der Waals surface area (Å²) in [7, 11) is 0. The minimum Gasteiger partial charge on any atom is -0.439 e. The Kier molecular flexibility index (Phi) is 4.08. The van der Waals surface area contributed by atoms with Crippen molar-refractivity contribution in [2.75, 3.05) is 0 Å². The summed E-state index contributed by atoms with van der Waals surface area (Å²) in [5.41, 5.74) is 3.52. The van der Waals surface area contributed by atoms with Crippen molar-refractivity contribution in [3.63, 3.8) is 0 Å². The number of rotatable bonds is 3. The molecule has 2 aromatic rings. The number of aliphatic hydroxyl groups is 1. The molecule has 0 fully saturated rings. The normalized spacial score (nSPS) is 10.6. The third-order valence-corrected chi connectivity index (χ3v) is 3.40. The van der Waals surface area contributed by atoms with Gasteiger partial charge >= 0.3 is 0 Å². The highest BCUT2D eigenvalue weighted by Crippen LogP contribution is 2.28. The Morgan fingerprint density at radius 1 is 1.11 bits per heavy atom. The zero-order valence-corrected chi connectivity index (χ0v) is 12.0. The molecule has 0 aliphatic heterocycles. The summed E-state index contributed by atoms with van der Waals surface area (Å²) in [6.45, 7) is 5.71. The van der Waals surface area contributed by atoms with Gasteiger partial charge in [-0.1, -0.05) is 11.6 Å². The first-order valence-electron chi connectivity index (χ1n) is 6.02. The van der Waals surface area contributed by atoms with Crippen LogP contribution in [0, 0.1) is 20.8 Å². The first kappa shape index (κ1) is 13.8. The van der Waals surface area contributed by atoms with Crippen LogP contribution in [-0.2, 0) is 6.61 Å². The van der Waals surface area contributed by atoms with Gasteiger partial charge in [0, 0.05) is 16.8 Å². The number of nitrogens with zero attached hydrogens (tertiary/aromatic N) is 1. The van der Waals surface area contributed by atoms with Crippen molar-refractivity contribution in [3.8, 4) is 11.6 Å². The van der Waals surface area contributed by atoms with E-state index in [-0.39, 0.29) is 6.61 Å². The molecule has 4 heteroatoms. The Bertz CT molecular complexity index is 588. The van der Waals surface area contributed by atoms with Gasteiger partial charge in [-0.05, 0) is 55.7 Å². The molecule has 1 aromatic heterocycles. The second-order valence-electron chi connectivity index (χ2n) is 4.59. The first-order chi connectivity index (χ1) is 8.99. The molecular formula is C15H16ClNO2. The van der Waals surface area contributed by atoms with Crippen molar-refractivity contribution in [2.45, 2.75) is 27.4 Å². The molecule has 1 aromatic carbocycles. The van der Waals surface area contributed by atoms with Crippen LogP contribution < -0.4 is 4.74 Å². The monoisotopic (exact) mass is 277 g/mol. The Balaban J connectivity index is 2.33. The lowest BCUT2D eigenvalue weighted by atomic mass is 10.1. The van der Waals surface area contributed by atoms with Crippen LogP contribution in [0.5, 0.6) is 11.6 Å². The average Bonchev–Trinajstić information content (AvgIpc) is 2.35. The van der Waals surface area contributed by atoms with Crippen molar-refractivity contribution < 1.29 is 9.84 Å². The van der Waals surface area contributed by atoms with E-state index in [4.69, 9.17) is 16.3 Å². The fourth-order valence-corrected chi connectivity index (χ4v) is 2.05. The zero-order valence-electron chi connectivity index (χ0n) is 11.2. The number of aliphatic hydroxyl groups excluding tert-OH is 1. The van der Waals surface area contributed by atoms with E-state index < -0.39 is 0 Å². The lowest BCUT2D eigenvalue weighted by molar-refractivity contribution is 0.281. The quantitative estimate of drug-likeness (QED) is 0.924. The molecule has 2 rings (SSSR count). The fourth-order valence-electron chi connectivity index (χ4n) is 1.94. The van der Waals surface area contributed by atoms with Gasteiger partial charge in [0.2, 0.25) is 5.88 Å². The molecule has 0 spiro atoms. The molecule has 0 atom stereocenters. The van der Waals surface area contributed by atoms with E-state index in [1.165, 1.54) is 0 Å². The van der Waals surface area contributed by atoms with Crippen LogP contribution in [0.3, 0.4) is 0 Å². The second-order valence-corrected chi connectivity index (χ2v) is 4.96. The molecule has 0 aliphatic rings.